The molecule has 0 aliphatic rings. The zero-order valence-electron chi connectivity index (χ0n) is 11.4. The Balaban J connectivity index is 2.79. The number of aliphatic hydroxyl groups is 1. The van der Waals surface area contributed by atoms with E-state index in [1.54, 1.807) is 11.8 Å². The third kappa shape index (κ3) is 3.75. The fourth-order valence-corrected chi connectivity index (χ4v) is 2.42. The minimum atomic E-state index is -0.0730. The monoisotopic (exact) mass is 267 g/mol. The molecule has 0 fully saturated rings. The Morgan fingerprint density at radius 2 is 2.11 bits per heavy atom. The van der Waals surface area contributed by atoms with Crippen molar-refractivity contribution >= 4 is 17.7 Å². The van der Waals surface area contributed by atoms with Crippen LogP contribution in [-0.4, -0.2) is 35.2 Å². The van der Waals surface area contributed by atoms with Crippen LogP contribution < -0.4 is 5.32 Å². The van der Waals surface area contributed by atoms with Crippen LogP contribution in [0.15, 0.2) is 18.2 Å². The molecule has 0 bridgehead atoms. The molecule has 0 radical (unpaired) electrons. The summed E-state index contributed by atoms with van der Waals surface area (Å²) in [5, 5.41) is 12.2. The summed E-state index contributed by atoms with van der Waals surface area (Å²) >= 11 is 1.56. The number of nitrogens with one attached hydrogen (secondary N) is 1. The smallest absolute Gasteiger partial charge is 0.251 e. The number of thioether (sulfide) groups is 1. The number of carbonyl (C=O) groups is 1. The summed E-state index contributed by atoms with van der Waals surface area (Å²) in [5.74, 6) is -0.0730. The third-order valence-electron chi connectivity index (χ3n) is 3.04. The normalized spacial score (nSPS) is 14.1. The van der Waals surface area contributed by atoms with Crippen LogP contribution in [0.4, 0.5) is 0 Å². The van der Waals surface area contributed by atoms with Crippen molar-refractivity contribution in [3.63, 3.8) is 0 Å². The van der Waals surface area contributed by atoms with E-state index in [4.69, 9.17) is 0 Å². The van der Waals surface area contributed by atoms with Gasteiger partial charge in [-0.05, 0) is 38.7 Å². The lowest BCUT2D eigenvalue weighted by Crippen LogP contribution is -2.41. The van der Waals surface area contributed by atoms with Gasteiger partial charge in [0.2, 0.25) is 0 Å². The molecule has 0 aliphatic carbocycles. The van der Waals surface area contributed by atoms with E-state index in [9.17, 15) is 9.90 Å². The van der Waals surface area contributed by atoms with Gasteiger partial charge in [-0.2, -0.15) is 11.8 Å². The van der Waals surface area contributed by atoms with Crippen LogP contribution in [0, 0.1) is 13.8 Å². The zero-order valence-corrected chi connectivity index (χ0v) is 12.2. The van der Waals surface area contributed by atoms with Crippen molar-refractivity contribution in [1.29, 1.82) is 0 Å². The molecular weight excluding hydrogens is 246 g/mol. The van der Waals surface area contributed by atoms with Gasteiger partial charge in [0.15, 0.2) is 0 Å². The summed E-state index contributed by atoms with van der Waals surface area (Å²) in [7, 11) is 0. The van der Waals surface area contributed by atoms with Crippen LogP contribution in [0.1, 0.15) is 28.4 Å². The Kier molecular flexibility index (Phi) is 5.69. The van der Waals surface area contributed by atoms with Crippen LogP contribution in [0.2, 0.25) is 0 Å². The molecule has 0 spiro atoms. The molecule has 0 heterocycles. The second-order valence-corrected chi connectivity index (χ2v) is 5.61. The van der Waals surface area contributed by atoms with Gasteiger partial charge in [-0.3, -0.25) is 4.79 Å². The van der Waals surface area contributed by atoms with Crippen molar-refractivity contribution in [1.82, 2.24) is 5.32 Å². The molecule has 3 nitrogen and oxygen atoms in total. The predicted octanol–water partition coefficient (Wildman–Crippen LogP) is 2.15. The maximum Gasteiger partial charge on any atom is 0.251 e. The highest BCUT2D eigenvalue weighted by Crippen LogP contribution is 2.14. The van der Waals surface area contributed by atoms with Gasteiger partial charge < -0.3 is 10.4 Å². The molecular formula is C14H21NO2S. The number of aryl methyl sites for hydroxylation is 2. The number of benzene rings is 1. The van der Waals surface area contributed by atoms with Gasteiger partial charge in [0.05, 0.1) is 6.61 Å². The molecule has 0 aliphatic heterocycles. The average Bonchev–Trinajstić information content (AvgIpc) is 2.33. The lowest BCUT2D eigenvalue weighted by molar-refractivity contribution is 0.0935. The summed E-state index contributed by atoms with van der Waals surface area (Å²) < 4.78 is 0. The Morgan fingerprint density at radius 3 is 2.67 bits per heavy atom. The quantitative estimate of drug-likeness (QED) is 0.859. The summed E-state index contributed by atoms with van der Waals surface area (Å²) in [5.41, 5.74) is 2.75. The maximum absolute atomic E-state index is 12.2. The Labute approximate surface area is 113 Å². The summed E-state index contributed by atoms with van der Waals surface area (Å²) in [4.78, 5) is 12.2. The molecule has 2 atom stereocenters. The van der Waals surface area contributed by atoms with Crippen LogP contribution in [-0.2, 0) is 0 Å². The molecule has 1 aromatic rings. The summed E-state index contributed by atoms with van der Waals surface area (Å²) in [6, 6.07) is 5.78. The molecule has 1 amide bonds. The molecule has 0 saturated carbocycles. The minimum Gasteiger partial charge on any atom is -0.395 e. The lowest BCUT2D eigenvalue weighted by Gasteiger charge is -2.21. The number of carbonyl (C=O) groups excluding carboxylic acids is 1. The Morgan fingerprint density at radius 1 is 1.44 bits per heavy atom. The molecule has 0 aromatic heterocycles. The molecule has 18 heavy (non-hydrogen) atoms. The van der Waals surface area contributed by atoms with Gasteiger partial charge in [0.1, 0.15) is 0 Å². The first kappa shape index (κ1) is 15.1. The number of hydrogen-bond acceptors (Lipinski definition) is 3. The van der Waals surface area contributed by atoms with E-state index in [-0.39, 0.29) is 23.8 Å². The van der Waals surface area contributed by atoms with E-state index < -0.39 is 0 Å². The second kappa shape index (κ2) is 6.81. The first-order chi connectivity index (χ1) is 8.49. The van der Waals surface area contributed by atoms with Gasteiger partial charge in [-0.25, -0.2) is 0 Å². The maximum atomic E-state index is 12.2. The minimum absolute atomic E-state index is 0.0269. The lowest BCUT2D eigenvalue weighted by atomic mass is 10.0. The standard InChI is InChI=1S/C14H21NO2S/c1-9-5-6-10(2)12(7-9)14(17)15-11(3)13(8-16)18-4/h5-7,11,13,16H,8H2,1-4H3,(H,15,17). The van der Waals surface area contributed by atoms with Gasteiger partial charge in [-0.15, -0.1) is 0 Å². The number of hydrogen-bond donors (Lipinski definition) is 2. The van der Waals surface area contributed by atoms with E-state index in [0.717, 1.165) is 11.1 Å². The van der Waals surface area contributed by atoms with E-state index in [1.165, 1.54) is 0 Å². The second-order valence-electron chi connectivity index (χ2n) is 4.54. The van der Waals surface area contributed by atoms with Gasteiger partial charge >= 0.3 is 0 Å². The van der Waals surface area contributed by atoms with E-state index >= 15 is 0 Å². The molecule has 1 rings (SSSR count). The SMILES string of the molecule is CSC(CO)C(C)NC(=O)c1cc(C)ccc1C. The molecule has 1 aromatic carbocycles. The number of amides is 1. The van der Waals surface area contributed by atoms with Crippen LogP contribution >= 0.6 is 11.8 Å². The van der Waals surface area contributed by atoms with Crippen molar-refractivity contribution < 1.29 is 9.90 Å². The van der Waals surface area contributed by atoms with Gasteiger partial charge in [0, 0.05) is 16.9 Å². The van der Waals surface area contributed by atoms with Crippen molar-refractivity contribution in [2.75, 3.05) is 12.9 Å². The van der Waals surface area contributed by atoms with Gasteiger partial charge in [0.25, 0.3) is 5.91 Å². The van der Waals surface area contributed by atoms with Crippen LogP contribution in [0.5, 0.6) is 0 Å². The zero-order chi connectivity index (χ0) is 13.7. The highest BCUT2D eigenvalue weighted by molar-refractivity contribution is 7.99. The van der Waals surface area contributed by atoms with Gasteiger partial charge in [-0.1, -0.05) is 17.7 Å². The van der Waals surface area contributed by atoms with Crippen molar-refractivity contribution in [2.24, 2.45) is 0 Å². The highest BCUT2D eigenvalue weighted by Gasteiger charge is 2.18. The van der Waals surface area contributed by atoms with Crippen molar-refractivity contribution in [3.8, 4) is 0 Å². The average molecular weight is 267 g/mol. The van der Waals surface area contributed by atoms with E-state index in [1.807, 2.05) is 45.2 Å². The first-order valence-corrected chi connectivity index (χ1v) is 7.30. The fourth-order valence-electron chi connectivity index (χ4n) is 1.79. The molecule has 4 heteroatoms. The van der Waals surface area contributed by atoms with E-state index in [2.05, 4.69) is 5.32 Å². The van der Waals surface area contributed by atoms with Crippen LogP contribution in [0.25, 0.3) is 0 Å². The topological polar surface area (TPSA) is 49.3 Å². The summed E-state index contributed by atoms with van der Waals surface area (Å²) in [6.07, 6.45) is 1.93. The Bertz CT molecular complexity index is 416. The predicted molar refractivity (Wildman–Crippen MR) is 77.2 cm³/mol. The Hall–Kier alpha value is -1.00. The van der Waals surface area contributed by atoms with Crippen molar-refractivity contribution in [3.05, 3.63) is 34.9 Å². The number of aliphatic hydroxyl groups excluding tert-OH is 1. The molecule has 0 saturated heterocycles. The molecule has 100 valence electrons. The molecule has 2 N–H and O–H groups in total. The summed E-state index contributed by atoms with van der Waals surface area (Å²) in [6.45, 7) is 5.88. The van der Waals surface area contributed by atoms with Crippen LogP contribution in [0.3, 0.4) is 0 Å². The number of rotatable bonds is 5. The third-order valence-corrected chi connectivity index (χ3v) is 4.20. The largest absolute Gasteiger partial charge is 0.395 e. The highest BCUT2D eigenvalue weighted by atomic mass is 32.2. The van der Waals surface area contributed by atoms with Crippen molar-refractivity contribution in [2.45, 2.75) is 32.1 Å². The van der Waals surface area contributed by atoms with E-state index in [0.29, 0.717) is 5.56 Å². The first-order valence-electron chi connectivity index (χ1n) is 6.01. The fraction of sp³-hybridized carbons (Fsp3) is 0.500. The molecule has 2 unspecified atom stereocenters.